The molecule has 0 aliphatic heterocycles. The van der Waals surface area contributed by atoms with Crippen molar-refractivity contribution in [2.45, 2.75) is 6.42 Å². The number of rotatable bonds is 6. The first kappa shape index (κ1) is 23.3. The highest BCUT2D eigenvalue weighted by molar-refractivity contribution is 9.10. The van der Waals surface area contributed by atoms with Gasteiger partial charge in [-0.1, -0.05) is 69.5 Å². The highest BCUT2D eigenvalue weighted by atomic mass is 79.9. The number of nitrogens with zero attached hydrogens (tertiary/aromatic N) is 1. The zero-order valence-corrected chi connectivity index (χ0v) is 20.7. The van der Waals surface area contributed by atoms with Gasteiger partial charge in [0.15, 0.2) is 0 Å². The molecule has 0 bridgehead atoms. The predicted octanol–water partition coefficient (Wildman–Crippen LogP) is 7.69. The van der Waals surface area contributed by atoms with Crippen molar-refractivity contribution in [1.29, 1.82) is 0 Å². The summed E-state index contributed by atoms with van der Waals surface area (Å²) in [6.07, 6.45) is 4.50. The summed E-state index contributed by atoms with van der Waals surface area (Å²) >= 11 is 16.0. The second-order valence-corrected chi connectivity index (χ2v) is 9.08. The molecule has 4 aromatic rings. The Morgan fingerprint density at radius 1 is 1.03 bits per heavy atom. The van der Waals surface area contributed by atoms with Crippen molar-refractivity contribution >= 4 is 57.3 Å². The number of ether oxygens (including phenoxy) is 1. The summed E-state index contributed by atoms with van der Waals surface area (Å²) < 4.78 is 5.80. The number of carbonyl (C=O) groups is 1. The van der Waals surface area contributed by atoms with Gasteiger partial charge in [-0.05, 0) is 59.7 Å². The molecule has 0 aliphatic rings. The van der Waals surface area contributed by atoms with Gasteiger partial charge in [0.05, 0.1) is 23.4 Å². The molecule has 0 saturated carbocycles. The normalized spacial score (nSPS) is 11.2. The average molecular weight is 542 g/mol. The zero-order chi connectivity index (χ0) is 23.4. The SMILES string of the molecule is COC(=O)c1ccc(Cc2[nH]c(C=Cc3ccc(Br)cc3)nc2-c2ccc(Cl)cc2Cl)cc1. The predicted molar refractivity (Wildman–Crippen MR) is 138 cm³/mol. The highest BCUT2D eigenvalue weighted by Crippen LogP contribution is 2.32. The van der Waals surface area contributed by atoms with E-state index in [4.69, 9.17) is 32.9 Å². The summed E-state index contributed by atoms with van der Waals surface area (Å²) in [5.41, 5.74) is 5.03. The van der Waals surface area contributed by atoms with Gasteiger partial charge in [-0.2, -0.15) is 0 Å². The molecule has 4 nitrogen and oxygen atoms in total. The Kier molecular flexibility index (Phi) is 7.33. The second-order valence-electron chi connectivity index (χ2n) is 7.32. The van der Waals surface area contributed by atoms with Crippen LogP contribution in [0.1, 0.15) is 33.0 Å². The number of benzene rings is 3. The average Bonchev–Trinajstić information content (AvgIpc) is 3.21. The largest absolute Gasteiger partial charge is 0.465 e. The van der Waals surface area contributed by atoms with Crippen molar-refractivity contribution in [1.82, 2.24) is 9.97 Å². The molecule has 0 radical (unpaired) electrons. The summed E-state index contributed by atoms with van der Waals surface area (Å²) in [6.45, 7) is 0. The number of aromatic amines is 1. The fourth-order valence-electron chi connectivity index (χ4n) is 3.37. The molecule has 1 N–H and O–H groups in total. The second kappa shape index (κ2) is 10.4. The minimum Gasteiger partial charge on any atom is -0.465 e. The molecule has 0 spiro atoms. The number of aromatic nitrogens is 2. The third kappa shape index (κ3) is 5.74. The van der Waals surface area contributed by atoms with Crippen molar-refractivity contribution in [3.8, 4) is 11.3 Å². The Hall–Kier alpha value is -2.86. The number of nitrogens with one attached hydrogen (secondary N) is 1. The molecule has 0 atom stereocenters. The molecule has 166 valence electrons. The Bertz CT molecular complexity index is 1310. The van der Waals surface area contributed by atoms with Crippen LogP contribution in [0.2, 0.25) is 10.0 Å². The number of hydrogen-bond donors (Lipinski definition) is 1. The van der Waals surface area contributed by atoms with Gasteiger partial charge in [0.1, 0.15) is 5.82 Å². The van der Waals surface area contributed by atoms with Crippen molar-refractivity contribution in [2.24, 2.45) is 0 Å². The standard InChI is InChI=1S/C26H19BrCl2N2O2/c1-33-26(32)18-7-2-17(3-8-18)14-23-25(21-12-11-20(28)15-22(21)29)31-24(30-23)13-6-16-4-9-19(27)10-5-16/h2-13,15H,14H2,1H3,(H,30,31). The summed E-state index contributed by atoms with van der Waals surface area (Å²) in [6, 6.07) is 20.7. The van der Waals surface area contributed by atoms with Gasteiger partial charge in [-0.3, -0.25) is 0 Å². The van der Waals surface area contributed by atoms with Crippen LogP contribution in [0.25, 0.3) is 23.4 Å². The first-order valence-corrected chi connectivity index (χ1v) is 11.6. The highest BCUT2D eigenvalue weighted by Gasteiger charge is 2.15. The van der Waals surface area contributed by atoms with Gasteiger partial charge in [0.2, 0.25) is 0 Å². The summed E-state index contributed by atoms with van der Waals surface area (Å²) in [5, 5.41) is 1.09. The van der Waals surface area contributed by atoms with E-state index in [1.807, 2.05) is 54.6 Å². The molecular weight excluding hydrogens is 523 g/mol. The topological polar surface area (TPSA) is 55.0 Å². The maximum absolute atomic E-state index is 11.7. The third-order valence-corrected chi connectivity index (χ3v) is 6.12. The van der Waals surface area contributed by atoms with E-state index < -0.39 is 0 Å². The first-order valence-electron chi connectivity index (χ1n) is 10.1. The lowest BCUT2D eigenvalue weighted by molar-refractivity contribution is 0.0600. The van der Waals surface area contributed by atoms with E-state index in [0.29, 0.717) is 27.9 Å². The molecule has 0 aliphatic carbocycles. The van der Waals surface area contributed by atoms with Gasteiger partial charge in [-0.25, -0.2) is 9.78 Å². The number of halogens is 3. The van der Waals surface area contributed by atoms with Crippen LogP contribution in [0.5, 0.6) is 0 Å². The molecule has 3 aromatic carbocycles. The van der Waals surface area contributed by atoms with Crippen molar-refractivity contribution in [2.75, 3.05) is 7.11 Å². The number of esters is 1. The van der Waals surface area contributed by atoms with E-state index in [1.54, 1.807) is 24.3 Å². The molecule has 4 rings (SSSR count). The Labute approximate surface area is 210 Å². The van der Waals surface area contributed by atoms with Gasteiger partial charge in [0.25, 0.3) is 0 Å². The van der Waals surface area contributed by atoms with Gasteiger partial charge in [-0.15, -0.1) is 0 Å². The Morgan fingerprint density at radius 3 is 2.42 bits per heavy atom. The first-order chi connectivity index (χ1) is 15.9. The van der Waals surface area contributed by atoms with Crippen LogP contribution in [-0.2, 0) is 11.2 Å². The van der Waals surface area contributed by atoms with Gasteiger partial charge in [0, 0.05) is 27.2 Å². The molecule has 0 saturated heterocycles. The van der Waals surface area contributed by atoms with Crippen molar-refractivity contribution in [3.05, 3.63) is 109 Å². The number of methoxy groups -OCH3 is 1. The van der Waals surface area contributed by atoms with Gasteiger partial charge < -0.3 is 9.72 Å². The number of carbonyl (C=O) groups excluding carboxylic acids is 1. The summed E-state index contributed by atoms with van der Waals surface area (Å²) in [5.74, 6) is 0.345. The summed E-state index contributed by atoms with van der Waals surface area (Å²) in [4.78, 5) is 19.9. The van der Waals surface area contributed by atoms with Gasteiger partial charge >= 0.3 is 5.97 Å². The minimum atomic E-state index is -0.364. The fraction of sp³-hybridized carbons (Fsp3) is 0.0769. The monoisotopic (exact) mass is 540 g/mol. The molecule has 7 heteroatoms. The van der Waals surface area contributed by atoms with E-state index in [-0.39, 0.29) is 5.97 Å². The van der Waals surface area contributed by atoms with Crippen LogP contribution in [-0.4, -0.2) is 23.0 Å². The maximum atomic E-state index is 11.7. The number of H-pyrrole nitrogens is 1. The minimum absolute atomic E-state index is 0.364. The van der Waals surface area contributed by atoms with Crippen LogP contribution >= 0.6 is 39.1 Å². The van der Waals surface area contributed by atoms with Crippen LogP contribution in [0.4, 0.5) is 0 Å². The number of imidazole rings is 1. The van der Waals surface area contributed by atoms with E-state index in [1.165, 1.54) is 7.11 Å². The lowest BCUT2D eigenvalue weighted by atomic mass is 10.0. The zero-order valence-electron chi connectivity index (χ0n) is 17.6. The molecule has 1 aromatic heterocycles. The number of hydrogen-bond acceptors (Lipinski definition) is 3. The van der Waals surface area contributed by atoms with Crippen molar-refractivity contribution < 1.29 is 9.53 Å². The fourth-order valence-corrected chi connectivity index (χ4v) is 4.13. The molecule has 0 fully saturated rings. The van der Waals surface area contributed by atoms with E-state index in [9.17, 15) is 4.79 Å². The van der Waals surface area contributed by atoms with E-state index in [2.05, 4.69) is 20.9 Å². The van der Waals surface area contributed by atoms with Crippen LogP contribution in [0, 0.1) is 0 Å². The van der Waals surface area contributed by atoms with E-state index in [0.717, 1.165) is 32.6 Å². The Morgan fingerprint density at radius 2 is 1.76 bits per heavy atom. The molecule has 0 unspecified atom stereocenters. The lowest BCUT2D eigenvalue weighted by Crippen LogP contribution is -2.01. The lowest BCUT2D eigenvalue weighted by Gasteiger charge is -2.06. The third-order valence-electron chi connectivity index (χ3n) is 5.04. The molecule has 1 heterocycles. The summed E-state index contributed by atoms with van der Waals surface area (Å²) in [7, 11) is 1.37. The van der Waals surface area contributed by atoms with E-state index >= 15 is 0 Å². The smallest absolute Gasteiger partial charge is 0.337 e. The van der Waals surface area contributed by atoms with Crippen LogP contribution < -0.4 is 0 Å². The Balaban J connectivity index is 1.69. The maximum Gasteiger partial charge on any atom is 0.337 e. The van der Waals surface area contributed by atoms with Crippen LogP contribution in [0.3, 0.4) is 0 Å². The van der Waals surface area contributed by atoms with Crippen molar-refractivity contribution in [3.63, 3.8) is 0 Å². The van der Waals surface area contributed by atoms with Crippen LogP contribution in [0.15, 0.2) is 71.2 Å². The molecule has 33 heavy (non-hydrogen) atoms. The molecule has 0 amide bonds. The molecular formula is C26H19BrCl2N2O2. The quantitative estimate of drug-likeness (QED) is 0.254.